The lowest BCUT2D eigenvalue weighted by Gasteiger charge is -2.11. The fourth-order valence-electron chi connectivity index (χ4n) is 1.87. The number of benzene rings is 2. The van der Waals surface area contributed by atoms with Gasteiger partial charge in [0.1, 0.15) is 12.4 Å². The van der Waals surface area contributed by atoms with Gasteiger partial charge in [-0.3, -0.25) is 4.79 Å². The number of methoxy groups -OCH3 is 1. The number of hydrogen-bond donors (Lipinski definition) is 0. The van der Waals surface area contributed by atoms with Gasteiger partial charge >= 0.3 is 5.97 Å². The molecule has 110 valence electrons. The first kappa shape index (κ1) is 15.7. The first-order valence-electron chi connectivity index (χ1n) is 6.31. The van der Waals surface area contributed by atoms with E-state index < -0.39 is 0 Å². The van der Waals surface area contributed by atoms with Crippen LogP contribution in [0, 0.1) is 0 Å². The van der Waals surface area contributed by atoms with E-state index in [2.05, 4.69) is 4.74 Å². The molecule has 0 aliphatic heterocycles. The number of carbonyl (C=O) groups excluding carboxylic acids is 1. The molecule has 0 fully saturated rings. The lowest BCUT2D eigenvalue weighted by molar-refractivity contribution is -0.139. The van der Waals surface area contributed by atoms with Crippen LogP contribution in [0.15, 0.2) is 42.5 Å². The van der Waals surface area contributed by atoms with E-state index in [-0.39, 0.29) is 12.4 Å². The predicted molar refractivity (Wildman–Crippen MR) is 83.0 cm³/mol. The Morgan fingerprint density at radius 2 is 1.67 bits per heavy atom. The molecular weight excluding hydrogens is 311 g/mol. The van der Waals surface area contributed by atoms with Gasteiger partial charge in [0.25, 0.3) is 0 Å². The second-order valence-corrected chi connectivity index (χ2v) is 5.29. The Balaban J connectivity index is 2.10. The summed E-state index contributed by atoms with van der Waals surface area (Å²) < 4.78 is 10.4. The maximum Gasteiger partial charge on any atom is 0.309 e. The predicted octanol–water partition coefficient (Wildman–Crippen LogP) is 4.29. The number of carbonyl (C=O) groups is 1. The van der Waals surface area contributed by atoms with Gasteiger partial charge in [0, 0.05) is 10.0 Å². The second kappa shape index (κ2) is 7.34. The maximum atomic E-state index is 11.4. The van der Waals surface area contributed by atoms with Crippen LogP contribution in [-0.2, 0) is 22.6 Å². The summed E-state index contributed by atoms with van der Waals surface area (Å²) in [7, 11) is 1.37. The highest BCUT2D eigenvalue weighted by atomic mass is 35.5. The largest absolute Gasteiger partial charge is 0.489 e. The zero-order valence-corrected chi connectivity index (χ0v) is 12.9. The molecular formula is C16H14Cl2O3. The van der Waals surface area contributed by atoms with Gasteiger partial charge in [-0.25, -0.2) is 0 Å². The summed E-state index contributed by atoms with van der Waals surface area (Å²) in [6.07, 6.45) is 0.215. The molecule has 0 radical (unpaired) electrons. The summed E-state index contributed by atoms with van der Waals surface area (Å²) in [4.78, 5) is 11.4. The van der Waals surface area contributed by atoms with E-state index in [0.717, 1.165) is 11.1 Å². The third-order valence-electron chi connectivity index (χ3n) is 2.91. The smallest absolute Gasteiger partial charge is 0.309 e. The monoisotopic (exact) mass is 324 g/mol. The maximum absolute atomic E-state index is 11.4. The summed E-state index contributed by atoms with van der Waals surface area (Å²) in [6.45, 7) is 0.323. The zero-order valence-electron chi connectivity index (χ0n) is 11.4. The van der Waals surface area contributed by atoms with Gasteiger partial charge in [-0.05, 0) is 29.3 Å². The Morgan fingerprint density at radius 1 is 1.05 bits per heavy atom. The Bertz CT molecular complexity index is 621. The van der Waals surface area contributed by atoms with Gasteiger partial charge in [-0.1, -0.05) is 47.5 Å². The van der Waals surface area contributed by atoms with Crippen LogP contribution in [0.1, 0.15) is 11.1 Å². The van der Waals surface area contributed by atoms with E-state index in [1.807, 2.05) is 24.3 Å². The van der Waals surface area contributed by atoms with Gasteiger partial charge < -0.3 is 9.47 Å². The first-order valence-corrected chi connectivity index (χ1v) is 7.06. The van der Waals surface area contributed by atoms with Crippen LogP contribution >= 0.6 is 23.2 Å². The number of rotatable bonds is 5. The minimum atomic E-state index is -0.284. The minimum Gasteiger partial charge on any atom is -0.489 e. The van der Waals surface area contributed by atoms with Crippen LogP contribution in [0.25, 0.3) is 0 Å². The van der Waals surface area contributed by atoms with Crippen molar-refractivity contribution in [2.45, 2.75) is 13.0 Å². The Morgan fingerprint density at radius 3 is 2.29 bits per heavy atom. The highest BCUT2D eigenvalue weighted by Gasteiger charge is 2.08. The molecule has 0 unspecified atom stereocenters. The molecule has 0 amide bonds. The average Bonchev–Trinajstić information content (AvgIpc) is 2.45. The fraction of sp³-hybridized carbons (Fsp3) is 0.188. The SMILES string of the molecule is COC(=O)Cc1ccccc1COc1cc(Cl)cc(Cl)c1. The zero-order chi connectivity index (χ0) is 15.2. The molecule has 0 saturated heterocycles. The fourth-order valence-corrected chi connectivity index (χ4v) is 2.38. The minimum absolute atomic E-state index is 0.215. The molecule has 0 spiro atoms. The van der Waals surface area contributed by atoms with Crippen molar-refractivity contribution < 1.29 is 14.3 Å². The normalized spacial score (nSPS) is 10.2. The summed E-state index contributed by atoms with van der Waals surface area (Å²) in [6, 6.07) is 12.6. The first-order chi connectivity index (χ1) is 10.1. The lowest BCUT2D eigenvalue weighted by Crippen LogP contribution is -2.08. The Labute approximate surface area is 133 Å². The van der Waals surface area contributed by atoms with Crippen LogP contribution in [0.3, 0.4) is 0 Å². The van der Waals surface area contributed by atoms with Crippen LogP contribution in [0.2, 0.25) is 10.0 Å². The van der Waals surface area contributed by atoms with Crippen molar-refractivity contribution in [1.29, 1.82) is 0 Å². The number of halogens is 2. The van der Waals surface area contributed by atoms with E-state index >= 15 is 0 Å². The van der Waals surface area contributed by atoms with Gasteiger partial charge in [0.15, 0.2) is 0 Å². The molecule has 21 heavy (non-hydrogen) atoms. The molecule has 5 heteroatoms. The van der Waals surface area contributed by atoms with E-state index in [9.17, 15) is 4.79 Å². The molecule has 0 aliphatic carbocycles. The standard InChI is InChI=1S/C16H14Cl2O3/c1-20-16(19)6-11-4-2-3-5-12(11)10-21-15-8-13(17)7-14(18)9-15/h2-5,7-9H,6,10H2,1H3. The van der Waals surface area contributed by atoms with Gasteiger partial charge in [0.2, 0.25) is 0 Å². The Hall–Kier alpha value is -1.71. The number of esters is 1. The third-order valence-corrected chi connectivity index (χ3v) is 3.35. The van der Waals surface area contributed by atoms with Gasteiger partial charge in [0.05, 0.1) is 13.5 Å². The lowest BCUT2D eigenvalue weighted by atomic mass is 10.1. The molecule has 2 aromatic rings. The highest BCUT2D eigenvalue weighted by molar-refractivity contribution is 6.34. The highest BCUT2D eigenvalue weighted by Crippen LogP contribution is 2.25. The van der Waals surface area contributed by atoms with Crippen molar-refractivity contribution in [2.75, 3.05) is 7.11 Å². The summed E-state index contributed by atoms with van der Waals surface area (Å²) in [5.74, 6) is 0.300. The van der Waals surface area contributed by atoms with Crippen molar-refractivity contribution >= 4 is 29.2 Å². The molecule has 0 heterocycles. The molecule has 0 saturated carbocycles. The van der Waals surface area contributed by atoms with Crippen LogP contribution in [0.4, 0.5) is 0 Å². The molecule has 2 rings (SSSR count). The summed E-state index contributed by atoms with van der Waals surface area (Å²) in [5, 5.41) is 1.03. The van der Waals surface area contributed by atoms with Crippen molar-refractivity contribution in [3.8, 4) is 5.75 Å². The third kappa shape index (κ3) is 4.66. The van der Waals surface area contributed by atoms with Crippen LogP contribution < -0.4 is 4.74 Å². The Kier molecular flexibility index (Phi) is 5.48. The molecule has 0 aliphatic rings. The number of hydrogen-bond acceptors (Lipinski definition) is 3. The summed E-state index contributed by atoms with van der Waals surface area (Å²) in [5.41, 5.74) is 1.79. The molecule has 0 aromatic heterocycles. The topological polar surface area (TPSA) is 35.5 Å². The quantitative estimate of drug-likeness (QED) is 0.770. The van der Waals surface area contributed by atoms with E-state index in [4.69, 9.17) is 27.9 Å². The molecule has 2 aromatic carbocycles. The van der Waals surface area contributed by atoms with Crippen molar-refractivity contribution in [3.63, 3.8) is 0 Å². The second-order valence-electron chi connectivity index (χ2n) is 4.42. The van der Waals surface area contributed by atoms with E-state index in [0.29, 0.717) is 22.4 Å². The van der Waals surface area contributed by atoms with Crippen molar-refractivity contribution in [3.05, 3.63) is 63.6 Å². The molecule has 0 atom stereocenters. The van der Waals surface area contributed by atoms with Crippen molar-refractivity contribution in [2.24, 2.45) is 0 Å². The molecule has 0 N–H and O–H groups in total. The van der Waals surface area contributed by atoms with E-state index in [1.54, 1.807) is 18.2 Å². The molecule has 3 nitrogen and oxygen atoms in total. The molecule has 0 bridgehead atoms. The number of ether oxygens (including phenoxy) is 2. The van der Waals surface area contributed by atoms with Gasteiger partial charge in [-0.15, -0.1) is 0 Å². The van der Waals surface area contributed by atoms with Crippen molar-refractivity contribution in [1.82, 2.24) is 0 Å². The summed E-state index contributed by atoms with van der Waals surface area (Å²) >= 11 is 11.9. The van der Waals surface area contributed by atoms with E-state index in [1.165, 1.54) is 7.11 Å². The van der Waals surface area contributed by atoms with Gasteiger partial charge in [-0.2, -0.15) is 0 Å². The average molecular weight is 325 g/mol. The van der Waals surface area contributed by atoms with Crippen LogP contribution in [-0.4, -0.2) is 13.1 Å². The van der Waals surface area contributed by atoms with Crippen LogP contribution in [0.5, 0.6) is 5.75 Å².